The number of likely N-dealkylation sites (N-methyl/N-ethyl adjacent to an activating group) is 1. The second-order valence-corrected chi connectivity index (χ2v) is 7.73. The molecule has 0 aliphatic rings. The Morgan fingerprint density at radius 3 is 2.76 bits per heavy atom. The van der Waals surface area contributed by atoms with Gasteiger partial charge in [0.2, 0.25) is 5.91 Å². The van der Waals surface area contributed by atoms with Crippen LogP contribution < -0.4 is 10.6 Å². The van der Waals surface area contributed by atoms with E-state index < -0.39 is 6.03 Å². The number of imide groups is 1. The molecular formula is C21H24N4O3S. The van der Waals surface area contributed by atoms with Crippen molar-refractivity contribution < 1.29 is 14.1 Å². The maximum absolute atomic E-state index is 12.0. The first-order valence-electron chi connectivity index (χ1n) is 9.40. The Bertz CT molecular complexity index is 909. The molecule has 0 fully saturated rings. The van der Waals surface area contributed by atoms with Crippen LogP contribution in [0.3, 0.4) is 0 Å². The molecule has 0 radical (unpaired) electrons. The van der Waals surface area contributed by atoms with Gasteiger partial charge in [0.1, 0.15) is 11.5 Å². The topological polar surface area (TPSA) is 87.5 Å². The van der Waals surface area contributed by atoms with Crippen molar-refractivity contribution in [3.8, 4) is 11.3 Å². The molecule has 29 heavy (non-hydrogen) atoms. The lowest BCUT2D eigenvalue weighted by Crippen LogP contribution is -2.43. The molecule has 0 atom stereocenters. The minimum Gasteiger partial charge on any atom is -0.361 e. The van der Waals surface area contributed by atoms with E-state index in [1.807, 2.05) is 65.9 Å². The number of aromatic nitrogens is 1. The van der Waals surface area contributed by atoms with Gasteiger partial charge in [0.15, 0.2) is 0 Å². The van der Waals surface area contributed by atoms with Crippen LogP contribution in [0.1, 0.15) is 17.1 Å². The SMILES string of the molecule is CN(CCCc1cc(-c2ccccc2)no1)CC(=O)NC(=O)NCc1cccs1. The Hall–Kier alpha value is -2.97. The molecule has 0 aliphatic carbocycles. The van der Waals surface area contributed by atoms with Crippen molar-refractivity contribution >= 4 is 23.3 Å². The third kappa shape index (κ3) is 6.85. The van der Waals surface area contributed by atoms with E-state index in [4.69, 9.17) is 4.52 Å². The van der Waals surface area contributed by atoms with Crippen molar-refractivity contribution in [3.63, 3.8) is 0 Å². The first-order chi connectivity index (χ1) is 14.1. The zero-order valence-corrected chi connectivity index (χ0v) is 17.1. The quantitative estimate of drug-likeness (QED) is 0.563. The number of amides is 3. The number of nitrogens with zero attached hydrogens (tertiary/aromatic N) is 2. The first-order valence-corrected chi connectivity index (χ1v) is 10.3. The predicted molar refractivity (Wildman–Crippen MR) is 112 cm³/mol. The van der Waals surface area contributed by atoms with Crippen LogP contribution in [-0.4, -0.2) is 42.1 Å². The maximum Gasteiger partial charge on any atom is 0.321 e. The minimum atomic E-state index is -0.480. The van der Waals surface area contributed by atoms with Gasteiger partial charge in [-0.1, -0.05) is 41.6 Å². The molecule has 0 saturated carbocycles. The molecule has 2 aromatic heterocycles. The second-order valence-electron chi connectivity index (χ2n) is 6.70. The third-order valence-corrected chi connectivity index (χ3v) is 5.14. The predicted octanol–water partition coefficient (Wildman–Crippen LogP) is 3.29. The number of benzene rings is 1. The van der Waals surface area contributed by atoms with Gasteiger partial charge in [-0.2, -0.15) is 0 Å². The van der Waals surface area contributed by atoms with E-state index in [1.165, 1.54) is 0 Å². The molecule has 2 heterocycles. The number of nitrogens with one attached hydrogen (secondary N) is 2. The molecule has 1 aromatic carbocycles. The van der Waals surface area contributed by atoms with Gasteiger partial charge in [-0.25, -0.2) is 4.79 Å². The molecule has 7 nitrogen and oxygen atoms in total. The van der Waals surface area contributed by atoms with Crippen LogP contribution in [0.5, 0.6) is 0 Å². The van der Waals surface area contributed by atoms with Crippen LogP contribution in [0, 0.1) is 0 Å². The molecule has 2 N–H and O–H groups in total. The lowest BCUT2D eigenvalue weighted by molar-refractivity contribution is -0.120. The zero-order valence-electron chi connectivity index (χ0n) is 16.3. The molecule has 3 rings (SSSR count). The van der Waals surface area contributed by atoms with Crippen LogP contribution in [0.15, 0.2) is 58.4 Å². The van der Waals surface area contributed by atoms with Crippen LogP contribution in [-0.2, 0) is 17.8 Å². The van der Waals surface area contributed by atoms with Crippen molar-refractivity contribution in [3.05, 3.63) is 64.5 Å². The number of hydrogen-bond donors (Lipinski definition) is 2. The normalized spacial score (nSPS) is 10.8. The lowest BCUT2D eigenvalue weighted by atomic mass is 10.1. The number of carbonyl (C=O) groups is 2. The molecule has 3 amide bonds. The van der Waals surface area contributed by atoms with E-state index in [0.717, 1.165) is 34.7 Å². The first kappa shape index (κ1) is 20.8. The highest BCUT2D eigenvalue weighted by Gasteiger charge is 2.11. The maximum atomic E-state index is 12.0. The molecule has 152 valence electrons. The van der Waals surface area contributed by atoms with E-state index in [0.29, 0.717) is 13.1 Å². The Labute approximate surface area is 173 Å². The van der Waals surface area contributed by atoms with Crippen molar-refractivity contribution in [2.75, 3.05) is 20.1 Å². The summed E-state index contributed by atoms with van der Waals surface area (Å²) in [5.74, 6) is 0.483. The standard InChI is InChI=1S/C21H24N4O3S/c1-25(15-20(26)23-21(27)22-14-18-10-6-12-29-18)11-5-9-17-13-19(24-28-17)16-7-3-2-4-8-16/h2-4,6-8,10,12-13H,5,9,11,14-15H2,1H3,(H2,22,23,26,27). The molecule has 0 aliphatic heterocycles. The highest BCUT2D eigenvalue weighted by molar-refractivity contribution is 7.09. The number of carbonyl (C=O) groups excluding carboxylic acids is 2. The molecule has 0 bridgehead atoms. The lowest BCUT2D eigenvalue weighted by Gasteiger charge is -2.15. The van der Waals surface area contributed by atoms with Crippen LogP contribution in [0.25, 0.3) is 11.3 Å². The summed E-state index contributed by atoms with van der Waals surface area (Å²) >= 11 is 1.55. The molecule has 3 aromatic rings. The van der Waals surface area contributed by atoms with Gasteiger partial charge in [0, 0.05) is 22.9 Å². The number of hydrogen-bond acceptors (Lipinski definition) is 6. The fraction of sp³-hybridized carbons (Fsp3) is 0.286. The number of rotatable bonds is 9. The zero-order chi connectivity index (χ0) is 20.5. The highest BCUT2D eigenvalue weighted by atomic mass is 32.1. The Morgan fingerprint density at radius 2 is 2.00 bits per heavy atom. The van der Waals surface area contributed by atoms with Gasteiger partial charge >= 0.3 is 6.03 Å². The Balaban J connectivity index is 1.33. The summed E-state index contributed by atoms with van der Waals surface area (Å²) in [7, 11) is 1.85. The fourth-order valence-electron chi connectivity index (χ4n) is 2.81. The van der Waals surface area contributed by atoms with Crippen molar-refractivity contribution in [1.29, 1.82) is 0 Å². The van der Waals surface area contributed by atoms with Gasteiger partial charge in [-0.3, -0.25) is 15.0 Å². The summed E-state index contributed by atoms with van der Waals surface area (Å²) in [6, 6.07) is 15.2. The fourth-order valence-corrected chi connectivity index (χ4v) is 3.46. The molecule has 8 heteroatoms. The second kappa shape index (κ2) is 10.5. The Morgan fingerprint density at radius 1 is 1.17 bits per heavy atom. The third-order valence-electron chi connectivity index (χ3n) is 4.26. The molecule has 0 spiro atoms. The highest BCUT2D eigenvalue weighted by Crippen LogP contribution is 2.19. The Kier molecular flexibility index (Phi) is 7.54. The monoisotopic (exact) mass is 412 g/mol. The summed E-state index contributed by atoms with van der Waals surface area (Å²) in [6.45, 7) is 1.26. The van der Waals surface area contributed by atoms with E-state index in [9.17, 15) is 9.59 Å². The van der Waals surface area contributed by atoms with Crippen LogP contribution in [0.4, 0.5) is 4.79 Å². The van der Waals surface area contributed by atoms with Crippen molar-refractivity contribution in [1.82, 2.24) is 20.7 Å². The van der Waals surface area contributed by atoms with Gasteiger partial charge in [-0.05, 0) is 31.5 Å². The summed E-state index contributed by atoms with van der Waals surface area (Å²) in [5.41, 5.74) is 1.84. The molecule has 0 unspecified atom stereocenters. The van der Waals surface area contributed by atoms with Gasteiger partial charge < -0.3 is 9.84 Å². The minimum absolute atomic E-state index is 0.151. The van der Waals surface area contributed by atoms with Crippen molar-refractivity contribution in [2.24, 2.45) is 0 Å². The van der Waals surface area contributed by atoms with Crippen molar-refractivity contribution in [2.45, 2.75) is 19.4 Å². The summed E-state index contributed by atoms with van der Waals surface area (Å²) in [4.78, 5) is 26.7. The van der Waals surface area contributed by atoms with E-state index in [1.54, 1.807) is 11.3 Å². The van der Waals surface area contributed by atoms with E-state index >= 15 is 0 Å². The number of aryl methyl sites for hydroxylation is 1. The smallest absolute Gasteiger partial charge is 0.321 e. The van der Waals surface area contributed by atoms with E-state index in [-0.39, 0.29) is 12.5 Å². The van der Waals surface area contributed by atoms with E-state index in [2.05, 4.69) is 15.8 Å². The van der Waals surface area contributed by atoms with Gasteiger partial charge in [-0.15, -0.1) is 11.3 Å². The molecule has 0 saturated heterocycles. The average molecular weight is 413 g/mol. The largest absolute Gasteiger partial charge is 0.361 e. The van der Waals surface area contributed by atoms with Crippen LogP contribution >= 0.6 is 11.3 Å². The summed E-state index contributed by atoms with van der Waals surface area (Å²) < 4.78 is 5.39. The summed E-state index contributed by atoms with van der Waals surface area (Å²) in [5, 5.41) is 11.1. The molecular weight excluding hydrogens is 388 g/mol. The van der Waals surface area contributed by atoms with Crippen LogP contribution in [0.2, 0.25) is 0 Å². The number of urea groups is 1. The van der Waals surface area contributed by atoms with Gasteiger partial charge in [0.05, 0.1) is 13.1 Å². The summed E-state index contributed by atoms with van der Waals surface area (Å²) in [6.07, 6.45) is 1.55. The van der Waals surface area contributed by atoms with Gasteiger partial charge in [0.25, 0.3) is 0 Å². The number of thiophene rings is 1. The average Bonchev–Trinajstić information content (AvgIpc) is 3.39.